The smallest absolute Gasteiger partial charge is 0.0719 e. The Balaban J connectivity index is 2.42. The molecular formula is C9H19NO. The van der Waals surface area contributed by atoms with Crippen molar-refractivity contribution in [2.75, 3.05) is 0 Å². The lowest BCUT2D eigenvalue weighted by Crippen LogP contribution is -2.48. The van der Waals surface area contributed by atoms with E-state index in [2.05, 4.69) is 6.92 Å². The van der Waals surface area contributed by atoms with Crippen LogP contribution in [0.15, 0.2) is 0 Å². The lowest BCUT2D eigenvalue weighted by Gasteiger charge is -2.29. The van der Waals surface area contributed by atoms with Crippen LogP contribution in [0.1, 0.15) is 45.4 Å². The van der Waals surface area contributed by atoms with E-state index in [4.69, 9.17) is 5.73 Å². The maximum absolute atomic E-state index is 9.68. The number of aliphatic hydroxyl groups is 1. The summed E-state index contributed by atoms with van der Waals surface area (Å²) in [7, 11) is 0. The Morgan fingerprint density at radius 2 is 2.00 bits per heavy atom. The molecule has 66 valence electrons. The molecule has 11 heavy (non-hydrogen) atoms. The standard InChI is InChI=1S/C9H19NO/c1-2-5-8(11)9(10)6-3-4-7-9/h8,11H,2-7,10H2,1H3. The molecule has 2 nitrogen and oxygen atoms in total. The summed E-state index contributed by atoms with van der Waals surface area (Å²) in [5.41, 5.74) is 5.80. The predicted molar refractivity (Wildman–Crippen MR) is 46.3 cm³/mol. The van der Waals surface area contributed by atoms with E-state index in [0.717, 1.165) is 25.7 Å². The van der Waals surface area contributed by atoms with Gasteiger partial charge in [0.2, 0.25) is 0 Å². The SMILES string of the molecule is CCCC(O)C1(N)CCCC1. The predicted octanol–water partition coefficient (Wildman–Crippen LogP) is 1.42. The van der Waals surface area contributed by atoms with Gasteiger partial charge in [0.25, 0.3) is 0 Å². The average Bonchev–Trinajstić information content (AvgIpc) is 2.38. The third-order valence-corrected chi connectivity index (χ3v) is 2.76. The highest BCUT2D eigenvalue weighted by Crippen LogP contribution is 2.31. The van der Waals surface area contributed by atoms with Crippen molar-refractivity contribution in [1.82, 2.24) is 0 Å². The quantitative estimate of drug-likeness (QED) is 0.651. The molecule has 1 atom stereocenters. The average molecular weight is 157 g/mol. The molecule has 0 aromatic heterocycles. The molecular weight excluding hydrogens is 138 g/mol. The van der Waals surface area contributed by atoms with Crippen LogP contribution in [0.5, 0.6) is 0 Å². The van der Waals surface area contributed by atoms with Crippen molar-refractivity contribution >= 4 is 0 Å². The minimum atomic E-state index is -0.269. The first kappa shape index (κ1) is 9.01. The second kappa shape index (κ2) is 3.55. The van der Waals surface area contributed by atoms with Gasteiger partial charge in [-0.2, -0.15) is 0 Å². The number of aliphatic hydroxyl groups excluding tert-OH is 1. The van der Waals surface area contributed by atoms with Crippen molar-refractivity contribution in [1.29, 1.82) is 0 Å². The molecule has 0 heterocycles. The first-order valence-electron chi connectivity index (χ1n) is 4.66. The fourth-order valence-corrected chi connectivity index (χ4v) is 1.93. The summed E-state index contributed by atoms with van der Waals surface area (Å²) >= 11 is 0. The monoisotopic (exact) mass is 157 g/mol. The van der Waals surface area contributed by atoms with E-state index < -0.39 is 0 Å². The molecule has 0 aromatic carbocycles. The topological polar surface area (TPSA) is 46.2 Å². The summed E-state index contributed by atoms with van der Waals surface area (Å²) in [6.45, 7) is 2.08. The van der Waals surface area contributed by atoms with E-state index in [1.807, 2.05) is 0 Å². The second-order valence-corrected chi connectivity index (χ2v) is 3.74. The largest absolute Gasteiger partial charge is 0.391 e. The number of hydrogen-bond acceptors (Lipinski definition) is 2. The van der Waals surface area contributed by atoms with Crippen LogP contribution in [0, 0.1) is 0 Å². The molecule has 0 bridgehead atoms. The summed E-state index contributed by atoms with van der Waals surface area (Å²) in [5.74, 6) is 0. The fourth-order valence-electron chi connectivity index (χ4n) is 1.93. The molecule has 3 N–H and O–H groups in total. The summed E-state index contributed by atoms with van der Waals surface area (Å²) in [5, 5.41) is 9.68. The van der Waals surface area contributed by atoms with Crippen LogP contribution in [-0.2, 0) is 0 Å². The van der Waals surface area contributed by atoms with Crippen LogP contribution in [0.2, 0.25) is 0 Å². The van der Waals surface area contributed by atoms with Gasteiger partial charge in [0.15, 0.2) is 0 Å². The summed E-state index contributed by atoms with van der Waals surface area (Å²) < 4.78 is 0. The maximum atomic E-state index is 9.68. The number of rotatable bonds is 3. The van der Waals surface area contributed by atoms with Crippen LogP contribution in [0.4, 0.5) is 0 Å². The Kier molecular flexibility index (Phi) is 2.90. The molecule has 0 radical (unpaired) electrons. The van der Waals surface area contributed by atoms with Gasteiger partial charge in [-0.25, -0.2) is 0 Å². The minimum absolute atomic E-state index is 0.240. The van der Waals surface area contributed by atoms with E-state index >= 15 is 0 Å². The Morgan fingerprint density at radius 3 is 2.45 bits per heavy atom. The zero-order valence-corrected chi connectivity index (χ0v) is 7.34. The zero-order chi connectivity index (χ0) is 8.32. The minimum Gasteiger partial charge on any atom is -0.391 e. The summed E-state index contributed by atoms with van der Waals surface area (Å²) in [6, 6.07) is 0. The fraction of sp³-hybridized carbons (Fsp3) is 1.00. The van der Waals surface area contributed by atoms with Crippen molar-refractivity contribution in [3.8, 4) is 0 Å². The summed E-state index contributed by atoms with van der Waals surface area (Å²) in [4.78, 5) is 0. The lowest BCUT2D eigenvalue weighted by atomic mass is 9.89. The molecule has 1 rings (SSSR count). The molecule has 0 spiro atoms. The normalized spacial score (nSPS) is 25.4. The summed E-state index contributed by atoms with van der Waals surface area (Å²) in [6.07, 6.45) is 6.02. The van der Waals surface area contributed by atoms with Gasteiger partial charge in [-0.3, -0.25) is 0 Å². The lowest BCUT2D eigenvalue weighted by molar-refractivity contribution is 0.0785. The molecule has 1 aliphatic carbocycles. The van der Waals surface area contributed by atoms with Crippen molar-refractivity contribution in [2.24, 2.45) is 5.73 Å². The molecule has 2 heteroatoms. The van der Waals surface area contributed by atoms with Gasteiger partial charge in [0, 0.05) is 5.54 Å². The van der Waals surface area contributed by atoms with Crippen molar-refractivity contribution in [3.63, 3.8) is 0 Å². The van der Waals surface area contributed by atoms with Gasteiger partial charge in [0.05, 0.1) is 6.10 Å². The Bertz CT molecular complexity index is 119. The molecule has 0 amide bonds. The zero-order valence-electron chi connectivity index (χ0n) is 7.34. The van der Waals surface area contributed by atoms with Crippen LogP contribution < -0.4 is 5.73 Å². The molecule has 0 saturated heterocycles. The highest BCUT2D eigenvalue weighted by Gasteiger charge is 2.35. The Hall–Kier alpha value is -0.0800. The van der Waals surface area contributed by atoms with E-state index in [1.165, 1.54) is 12.8 Å². The van der Waals surface area contributed by atoms with Crippen LogP contribution in [0.3, 0.4) is 0 Å². The van der Waals surface area contributed by atoms with E-state index in [1.54, 1.807) is 0 Å². The molecule has 0 aromatic rings. The third-order valence-electron chi connectivity index (χ3n) is 2.76. The second-order valence-electron chi connectivity index (χ2n) is 3.74. The van der Waals surface area contributed by atoms with Gasteiger partial charge in [-0.15, -0.1) is 0 Å². The van der Waals surface area contributed by atoms with Crippen LogP contribution in [-0.4, -0.2) is 16.7 Å². The highest BCUT2D eigenvalue weighted by atomic mass is 16.3. The molecule has 1 fully saturated rings. The number of hydrogen-bond donors (Lipinski definition) is 2. The first-order chi connectivity index (χ1) is 5.19. The van der Waals surface area contributed by atoms with Crippen molar-refractivity contribution in [2.45, 2.75) is 57.1 Å². The molecule has 1 unspecified atom stereocenters. The van der Waals surface area contributed by atoms with E-state index in [0.29, 0.717) is 0 Å². The van der Waals surface area contributed by atoms with Gasteiger partial charge in [-0.05, 0) is 19.3 Å². The maximum Gasteiger partial charge on any atom is 0.0719 e. The Morgan fingerprint density at radius 1 is 1.45 bits per heavy atom. The van der Waals surface area contributed by atoms with Crippen LogP contribution in [0.25, 0.3) is 0 Å². The van der Waals surface area contributed by atoms with Gasteiger partial charge in [0.1, 0.15) is 0 Å². The molecule has 1 saturated carbocycles. The van der Waals surface area contributed by atoms with Gasteiger partial charge < -0.3 is 10.8 Å². The van der Waals surface area contributed by atoms with Crippen LogP contribution >= 0.6 is 0 Å². The van der Waals surface area contributed by atoms with Crippen molar-refractivity contribution in [3.05, 3.63) is 0 Å². The molecule has 1 aliphatic rings. The van der Waals surface area contributed by atoms with E-state index in [9.17, 15) is 5.11 Å². The highest BCUT2D eigenvalue weighted by molar-refractivity contribution is 4.95. The van der Waals surface area contributed by atoms with Gasteiger partial charge >= 0.3 is 0 Å². The third kappa shape index (κ3) is 1.94. The van der Waals surface area contributed by atoms with Gasteiger partial charge in [-0.1, -0.05) is 26.2 Å². The molecule has 0 aliphatic heterocycles. The van der Waals surface area contributed by atoms with Crippen molar-refractivity contribution < 1.29 is 5.11 Å². The van der Waals surface area contributed by atoms with E-state index in [-0.39, 0.29) is 11.6 Å². The first-order valence-corrected chi connectivity index (χ1v) is 4.66. The number of nitrogens with two attached hydrogens (primary N) is 1. The Labute approximate surface area is 68.8 Å².